The summed E-state index contributed by atoms with van der Waals surface area (Å²) in [6, 6.07) is 0. The number of hydrogen-bond acceptors (Lipinski definition) is 11. The summed E-state index contributed by atoms with van der Waals surface area (Å²) in [4.78, 5) is 25.4. The molecule has 1 rings (SSSR count). The Morgan fingerprint density at radius 2 is 1.03 bits per heavy atom. The first-order chi connectivity index (χ1) is 29.5. The number of unbranched alkanes of at least 4 members (excludes halogenated alkanes) is 16. The standard InChI is InChI=1S/C48H82O12S/c1-3-5-7-9-11-13-15-17-19-20-21-23-24-26-28-30-32-34-36-43(49)57-38-41(39-58-48-47(53)46(52)45(51)42(60-48)40-61(54,55)56)59-44(50)37-35-33-31-29-27-25-22-18-16-14-12-10-8-6-4-2/h6,8,12-15,18-20,22,41-42,45-48,51-53H,3-5,7,9-11,16-17,21,23-40H2,1-2H3,(H,54,55,56)/b8-6-,14-12-,15-13-,20-19-,22-18-. The van der Waals surface area contributed by atoms with Crippen molar-refractivity contribution in [3.63, 3.8) is 0 Å². The zero-order valence-electron chi connectivity index (χ0n) is 37.5. The van der Waals surface area contributed by atoms with E-state index in [9.17, 15) is 37.9 Å². The van der Waals surface area contributed by atoms with E-state index in [0.717, 1.165) is 89.9 Å². The predicted molar refractivity (Wildman–Crippen MR) is 242 cm³/mol. The molecule has 0 radical (unpaired) electrons. The van der Waals surface area contributed by atoms with Crippen molar-refractivity contribution in [1.82, 2.24) is 0 Å². The molecule has 13 heteroatoms. The van der Waals surface area contributed by atoms with Gasteiger partial charge in [-0.1, -0.05) is 145 Å². The minimum absolute atomic E-state index is 0.141. The van der Waals surface area contributed by atoms with Gasteiger partial charge in [0, 0.05) is 12.8 Å². The van der Waals surface area contributed by atoms with E-state index in [1.807, 2.05) is 0 Å². The van der Waals surface area contributed by atoms with Gasteiger partial charge in [0.2, 0.25) is 0 Å². The van der Waals surface area contributed by atoms with E-state index < -0.39 is 71.2 Å². The van der Waals surface area contributed by atoms with Gasteiger partial charge in [-0.3, -0.25) is 14.1 Å². The Hall–Kier alpha value is -2.65. The van der Waals surface area contributed by atoms with Gasteiger partial charge >= 0.3 is 11.9 Å². The number of rotatable bonds is 38. The van der Waals surface area contributed by atoms with E-state index in [-0.39, 0.29) is 19.4 Å². The molecule has 352 valence electrons. The smallest absolute Gasteiger partial charge is 0.306 e. The quantitative estimate of drug-likeness (QED) is 0.0199. The first kappa shape index (κ1) is 56.4. The molecule has 61 heavy (non-hydrogen) atoms. The van der Waals surface area contributed by atoms with Gasteiger partial charge in [0.05, 0.1) is 6.61 Å². The molecule has 0 spiro atoms. The monoisotopic (exact) mass is 883 g/mol. The van der Waals surface area contributed by atoms with E-state index in [1.54, 1.807) is 0 Å². The van der Waals surface area contributed by atoms with Crippen LogP contribution in [0.4, 0.5) is 0 Å². The predicted octanol–water partition coefficient (Wildman–Crippen LogP) is 9.73. The van der Waals surface area contributed by atoms with Gasteiger partial charge in [0.25, 0.3) is 10.1 Å². The Labute approximate surface area is 368 Å². The molecular weight excluding hydrogens is 801 g/mol. The van der Waals surface area contributed by atoms with Crippen LogP contribution in [0.3, 0.4) is 0 Å². The lowest BCUT2D eigenvalue weighted by Crippen LogP contribution is -2.60. The number of aliphatic hydroxyl groups is 3. The second-order valence-corrected chi connectivity index (χ2v) is 17.5. The van der Waals surface area contributed by atoms with E-state index in [2.05, 4.69) is 74.6 Å². The molecule has 0 aliphatic carbocycles. The van der Waals surface area contributed by atoms with Crippen molar-refractivity contribution < 1.29 is 56.8 Å². The summed E-state index contributed by atoms with van der Waals surface area (Å²) < 4.78 is 54.1. The Bertz CT molecular complexity index is 1360. The van der Waals surface area contributed by atoms with E-state index >= 15 is 0 Å². The second-order valence-electron chi connectivity index (χ2n) is 16.0. The maximum absolute atomic E-state index is 12.8. The minimum Gasteiger partial charge on any atom is -0.462 e. The number of carbonyl (C=O) groups is 2. The number of allylic oxidation sites excluding steroid dienone is 10. The Morgan fingerprint density at radius 1 is 0.574 bits per heavy atom. The van der Waals surface area contributed by atoms with Crippen molar-refractivity contribution in [2.24, 2.45) is 0 Å². The third kappa shape index (κ3) is 32.7. The van der Waals surface area contributed by atoms with Crippen molar-refractivity contribution in [2.75, 3.05) is 19.0 Å². The average Bonchev–Trinajstić information content (AvgIpc) is 3.22. The summed E-state index contributed by atoms with van der Waals surface area (Å²) in [5, 5.41) is 30.9. The van der Waals surface area contributed by atoms with E-state index in [0.29, 0.717) is 12.8 Å². The normalized spacial score (nSPS) is 20.5. The van der Waals surface area contributed by atoms with Crippen molar-refractivity contribution in [2.45, 2.75) is 211 Å². The maximum atomic E-state index is 12.8. The van der Waals surface area contributed by atoms with Crippen LogP contribution in [0.15, 0.2) is 60.8 Å². The zero-order valence-corrected chi connectivity index (χ0v) is 38.3. The molecule has 0 bridgehead atoms. The van der Waals surface area contributed by atoms with Gasteiger partial charge in [-0.25, -0.2) is 0 Å². The first-order valence-corrected chi connectivity index (χ1v) is 25.0. The van der Waals surface area contributed by atoms with Crippen LogP contribution in [0.25, 0.3) is 0 Å². The second kappa shape index (κ2) is 37.9. The fourth-order valence-corrected chi connectivity index (χ4v) is 7.41. The molecular formula is C48H82O12S. The third-order valence-corrected chi connectivity index (χ3v) is 11.1. The van der Waals surface area contributed by atoms with Crippen LogP contribution in [0.5, 0.6) is 0 Å². The van der Waals surface area contributed by atoms with Gasteiger partial charge in [0.1, 0.15) is 36.8 Å². The molecule has 0 saturated carbocycles. The Balaban J connectivity index is 2.44. The summed E-state index contributed by atoms with van der Waals surface area (Å²) in [7, 11) is -4.61. The van der Waals surface area contributed by atoms with Gasteiger partial charge in [-0.2, -0.15) is 8.42 Å². The summed E-state index contributed by atoms with van der Waals surface area (Å²) in [5.74, 6) is -2.02. The lowest BCUT2D eigenvalue weighted by Gasteiger charge is -2.40. The largest absolute Gasteiger partial charge is 0.462 e. The van der Waals surface area contributed by atoms with E-state index in [4.69, 9.17) is 18.9 Å². The molecule has 6 atom stereocenters. The number of aliphatic hydroxyl groups excluding tert-OH is 3. The highest BCUT2D eigenvalue weighted by Gasteiger charge is 2.46. The molecule has 4 N–H and O–H groups in total. The fourth-order valence-electron chi connectivity index (χ4n) is 6.72. The topological polar surface area (TPSA) is 186 Å². The van der Waals surface area contributed by atoms with Crippen LogP contribution in [-0.4, -0.2) is 96.0 Å². The molecule has 1 fully saturated rings. The van der Waals surface area contributed by atoms with Gasteiger partial charge in [-0.05, 0) is 77.0 Å². The highest BCUT2D eigenvalue weighted by Crippen LogP contribution is 2.24. The third-order valence-electron chi connectivity index (χ3n) is 10.3. The van der Waals surface area contributed by atoms with Crippen molar-refractivity contribution >= 4 is 22.1 Å². The highest BCUT2D eigenvalue weighted by atomic mass is 32.2. The van der Waals surface area contributed by atoms with Crippen LogP contribution < -0.4 is 0 Å². The van der Waals surface area contributed by atoms with Crippen LogP contribution in [-0.2, 0) is 38.7 Å². The fraction of sp³-hybridized carbons (Fsp3) is 0.750. The lowest BCUT2D eigenvalue weighted by atomic mass is 10.00. The molecule has 1 aliphatic rings. The van der Waals surface area contributed by atoms with Crippen LogP contribution in [0.1, 0.15) is 174 Å². The van der Waals surface area contributed by atoms with Crippen molar-refractivity contribution in [3.05, 3.63) is 60.8 Å². The number of carbonyl (C=O) groups excluding carboxylic acids is 2. The van der Waals surface area contributed by atoms with Crippen LogP contribution >= 0.6 is 0 Å². The molecule has 12 nitrogen and oxygen atoms in total. The van der Waals surface area contributed by atoms with Crippen LogP contribution in [0, 0.1) is 0 Å². The van der Waals surface area contributed by atoms with Crippen LogP contribution in [0.2, 0.25) is 0 Å². The Kier molecular flexibility index (Phi) is 35.0. The van der Waals surface area contributed by atoms with Crippen molar-refractivity contribution in [1.29, 1.82) is 0 Å². The highest BCUT2D eigenvalue weighted by molar-refractivity contribution is 7.85. The summed E-state index contributed by atoms with van der Waals surface area (Å²) in [6.07, 6.45) is 36.9. The molecule has 0 aromatic heterocycles. The van der Waals surface area contributed by atoms with Gasteiger partial charge in [0.15, 0.2) is 12.4 Å². The maximum Gasteiger partial charge on any atom is 0.306 e. The molecule has 1 heterocycles. The number of esters is 2. The van der Waals surface area contributed by atoms with Gasteiger partial charge < -0.3 is 34.3 Å². The number of ether oxygens (including phenoxy) is 4. The molecule has 1 aliphatic heterocycles. The lowest BCUT2D eigenvalue weighted by molar-refractivity contribution is -0.297. The summed E-state index contributed by atoms with van der Waals surface area (Å²) in [5.41, 5.74) is 0. The minimum atomic E-state index is -4.61. The van der Waals surface area contributed by atoms with Crippen molar-refractivity contribution in [3.8, 4) is 0 Å². The van der Waals surface area contributed by atoms with E-state index in [1.165, 1.54) is 44.9 Å². The summed E-state index contributed by atoms with van der Waals surface area (Å²) in [6.45, 7) is 3.61. The zero-order chi connectivity index (χ0) is 44.8. The SMILES string of the molecule is CC/C=C\C/C=C\C/C=C\CCCCCCCC(=O)OC(COC(=O)CCCCCCCCC/C=C\C/C=C\CCCCCC)COC1OC(CS(=O)(=O)O)C(O)C(O)C1O. The number of hydrogen-bond donors (Lipinski definition) is 4. The molecule has 0 aromatic rings. The molecule has 0 aromatic carbocycles. The molecule has 0 amide bonds. The first-order valence-electron chi connectivity index (χ1n) is 23.3. The Morgan fingerprint density at radius 3 is 1.54 bits per heavy atom. The summed E-state index contributed by atoms with van der Waals surface area (Å²) >= 11 is 0. The molecule has 6 unspecified atom stereocenters. The average molecular weight is 883 g/mol. The van der Waals surface area contributed by atoms with Gasteiger partial charge in [-0.15, -0.1) is 0 Å². The molecule has 1 saturated heterocycles.